The first-order valence-corrected chi connectivity index (χ1v) is 6.82. The second-order valence-corrected chi connectivity index (χ2v) is 4.71. The summed E-state index contributed by atoms with van der Waals surface area (Å²) in [6.45, 7) is 2.67. The van der Waals surface area contributed by atoms with Crippen molar-refractivity contribution in [3.05, 3.63) is 35.9 Å². The molecule has 1 rings (SSSR count). The molecule has 0 saturated carbocycles. The quantitative estimate of drug-likeness (QED) is 0.714. The van der Waals surface area contributed by atoms with E-state index in [-0.39, 0.29) is 25.0 Å². The van der Waals surface area contributed by atoms with Crippen LogP contribution in [0.15, 0.2) is 30.3 Å². The molecule has 1 aromatic carbocycles. The van der Waals surface area contributed by atoms with Crippen molar-refractivity contribution in [2.75, 3.05) is 19.8 Å². The Balaban J connectivity index is 2.41. The predicted octanol–water partition coefficient (Wildman–Crippen LogP) is 1.74. The van der Waals surface area contributed by atoms with Crippen molar-refractivity contribution in [1.29, 1.82) is 5.26 Å². The van der Waals surface area contributed by atoms with Crippen LogP contribution in [0.1, 0.15) is 18.9 Å². The fourth-order valence-electron chi connectivity index (χ4n) is 1.62. The van der Waals surface area contributed by atoms with Crippen LogP contribution >= 0.6 is 0 Å². The lowest BCUT2D eigenvalue weighted by atomic mass is 10.1. The Labute approximate surface area is 124 Å². The summed E-state index contributed by atoms with van der Waals surface area (Å²) < 4.78 is 5.14. The van der Waals surface area contributed by atoms with E-state index < -0.39 is 0 Å². The molecule has 1 amide bonds. The first-order chi connectivity index (χ1) is 10.2. The Morgan fingerprint density at radius 3 is 2.81 bits per heavy atom. The van der Waals surface area contributed by atoms with Crippen molar-refractivity contribution in [1.82, 2.24) is 5.32 Å². The molecule has 0 fully saturated rings. The Hall–Kier alpha value is -2.32. The van der Waals surface area contributed by atoms with Gasteiger partial charge in [0, 0.05) is 19.2 Å². The van der Waals surface area contributed by atoms with Gasteiger partial charge in [-0.25, -0.2) is 0 Å². The molecule has 21 heavy (non-hydrogen) atoms. The Kier molecular flexibility index (Phi) is 7.62. The average Bonchev–Trinajstić information content (AvgIpc) is 2.50. The highest BCUT2D eigenvalue weighted by atomic mass is 16.5. The van der Waals surface area contributed by atoms with Crippen LogP contribution in [0.5, 0.6) is 5.75 Å². The fraction of sp³-hybridized carbons (Fsp3) is 0.375. The van der Waals surface area contributed by atoms with Gasteiger partial charge in [0.25, 0.3) is 0 Å². The van der Waals surface area contributed by atoms with Gasteiger partial charge in [0.1, 0.15) is 11.8 Å². The van der Waals surface area contributed by atoms with Crippen LogP contribution in [0.4, 0.5) is 0 Å². The van der Waals surface area contributed by atoms with E-state index in [0.29, 0.717) is 18.7 Å². The second-order valence-electron chi connectivity index (χ2n) is 4.71. The molecular formula is C16H20N2O3. The molecule has 5 heteroatoms. The van der Waals surface area contributed by atoms with Crippen LogP contribution in [0.3, 0.4) is 0 Å². The van der Waals surface area contributed by atoms with E-state index in [2.05, 4.69) is 5.32 Å². The van der Waals surface area contributed by atoms with E-state index in [0.717, 1.165) is 5.56 Å². The molecule has 0 aromatic heterocycles. The molecule has 0 aliphatic carbocycles. The van der Waals surface area contributed by atoms with Crippen LogP contribution in [0, 0.1) is 17.2 Å². The number of ether oxygens (including phenoxy) is 1. The first-order valence-electron chi connectivity index (χ1n) is 6.82. The van der Waals surface area contributed by atoms with Gasteiger partial charge in [0.2, 0.25) is 5.91 Å². The van der Waals surface area contributed by atoms with Crippen LogP contribution in [-0.4, -0.2) is 30.8 Å². The minimum absolute atomic E-state index is 0.0175. The monoisotopic (exact) mass is 288 g/mol. The molecule has 1 unspecified atom stereocenters. The molecule has 5 nitrogen and oxygen atoms in total. The lowest BCUT2D eigenvalue weighted by molar-refractivity contribution is -0.116. The van der Waals surface area contributed by atoms with E-state index in [9.17, 15) is 4.79 Å². The lowest BCUT2D eigenvalue weighted by Crippen LogP contribution is -2.26. The molecule has 0 heterocycles. The van der Waals surface area contributed by atoms with E-state index >= 15 is 0 Å². The number of nitrogens with zero attached hydrogens (tertiary/aromatic N) is 1. The van der Waals surface area contributed by atoms with Gasteiger partial charge in [-0.2, -0.15) is 5.26 Å². The van der Waals surface area contributed by atoms with Crippen LogP contribution in [0.25, 0.3) is 6.08 Å². The van der Waals surface area contributed by atoms with Gasteiger partial charge in [-0.05, 0) is 36.1 Å². The van der Waals surface area contributed by atoms with Crippen LogP contribution in [0.2, 0.25) is 0 Å². The minimum Gasteiger partial charge on any atom is -0.479 e. The summed E-state index contributed by atoms with van der Waals surface area (Å²) in [5.41, 5.74) is 0.873. The second kappa shape index (κ2) is 9.56. The van der Waals surface area contributed by atoms with E-state index in [1.165, 1.54) is 6.08 Å². The third-order valence-electron chi connectivity index (χ3n) is 2.86. The zero-order valence-electron chi connectivity index (χ0n) is 12.1. The molecule has 2 N–H and O–H groups in total. The predicted molar refractivity (Wildman–Crippen MR) is 80.5 cm³/mol. The number of nitriles is 1. The summed E-state index contributed by atoms with van der Waals surface area (Å²) in [5, 5.41) is 20.0. The van der Waals surface area contributed by atoms with E-state index in [1.807, 2.05) is 25.1 Å². The minimum atomic E-state index is -0.162. The number of hydrogen-bond acceptors (Lipinski definition) is 4. The van der Waals surface area contributed by atoms with Gasteiger partial charge in [-0.3, -0.25) is 4.79 Å². The summed E-state index contributed by atoms with van der Waals surface area (Å²) in [6.07, 6.45) is 3.85. The molecule has 1 aromatic rings. The van der Waals surface area contributed by atoms with Crippen molar-refractivity contribution in [3.63, 3.8) is 0 Å². The lowest BCUT2D eigenvalue weighted by Gasteiger charge is -2.09. The first kappa shape index (κ1) is 16.7. The zero-order chi connectivity index (χ0) is 15.5. The normalized spacial score (nSPS) is 11.9. The molecule has 0 bridgehead atoms. The summed E-state index contributed by atoms with van der Waals surface area (Å²) >= 11 is 0. The third-order valence-corrected chi connectivity index (χ3v) is 2.86. The maximum Gasteiger partial charge on any atom is 0.244 e. The number of aliphatic hydroxyl groups is 1. The number of rotatable bonds is 8. The Morgan fingerprint density at radius 1 is 1.48 bits per heavy atom. The summed E-state index contributed by atoms with van der Waals surface area (Å²) in [6, 6.07) is 9.02. The highest BCUT2D eigenvalue weighted by Gasteiger charge is 2.02. The van der Waals surface area contributed by atoms with Gasteiger partial charge < -0.3 is 15.2 Å². The Bertz CT molecular complexity index is 503. The molecular weight excluding hydrogens is 268 g/mol. The summed E-state index contributed by atoms with van der Waals surface area (Å²) in [5.74, 6) is 0.712. The topological polar surface area (TPSA) is 82.3 Å². The highest BCUT2D eigenvalue weighted by Crippen LogP contribution is 2.12. The number of hydrogen-bond donors (Lipinski definition) is 2. The molecule has 1 atom stereocenters. The standard InChI is InChI=1S/C16H20N2O3/c1-13(8-10-19)12-18-16(20)7-4-14-2-5-15(6-3-14)21-11-9-17/h2-7,13,19H,8,10-12H2,1H3,(H,18,20)/b7-4+. The number of carbonyl (C=O) groups excluding carboxylic acids is 1. The Morgan fingerprint density at radius 2 is 2.19 bits per heavy atom. The maximum absolute atomic E-state index is 11.6. The molecule has 0 saturated heterocycles. The maximum atomic E-state index is 11.6. The van der Waals surface area contributed by atoms with E-state index in [1.54, 1.807) is 18.2 Å². The number of carbonyl (C=O) groups is 1. The number of nitrogens with one attached hydrogen (secondary N) is 1. The van der Waals surface area contributed by atoms with Crippen molar-refractivity contribution in [3.8, 4) is 11.8 Å². The number of aliphatic hydroxyl groups excluding tert-OH is 1. The third kappa shape index (κ3) is 7.14. The average molecular weight is 288 g/mol. The molecule has 0 aliphatic heterocycles. The van der Waals surface area contributed by atoms with Gasteiger partial charge in [0.05, 0.1) is 0 Å². The van der Waals surface area contributed by atoms with Crippen LogP contribution < -0.4 is 10.1 Å². The fourth-order valence-corrected chi connectivity index (χ4v) is 1.62. The molecule has 112 valence electrons. The summed E-state index contributed by atoms with van der Waals surface area (Å²) in [4.78, 5) is 11.6. The number of benzene rings is 1. The van der Waals surface area contributed by atoms with Gasteiger partial charge >= 0.3 is 0 Å². The van der Waals surface area contributed by atoms with Crippen LogP contribution in [-0.2, 0) is 4.79 Å². The van der Waals surface area contributed by atoms with Crippen molar-refractivity contribution in [2.24, 2.45) is 5.92 Å². The molecule has 0 spiro atoms. The summed E-state index contributed by atoms with van der Waals surface area (Å²) in [7, 11) is 0. The van der Waals surface area contributed by atoms with Crippen molar-refractivity contribution in [2.45, 2.75) is 13.3 Å². The smallest absolute Gasteiger partial charge is 0.244 e. The van der Waals surface area contributed by atoms with Gasteiger partial charge in [-0.15, -0.1) is 0 Å². The number of amides is 1. The zero-order valence-corrected chi connectivity index (χ0v) is 12.1. The van der Waals surface area contributed by atoms with Crippen molar-refractivity contribution >= 4 is 12.0 Å². The molecule has 0 radical (unpaired) electrons. The van der Waals surface area contributed by atoms with Gasteiger partial charge in [-0.1, -0.05) is 19.1 Å². The largest absolute Gasteiger partial charge is 0.479 e. The van der Waals surface area contributed by atoms with Gasteiger partial charge in [0.15, 0.2) is 6.61 Å². The molecule has 0 aliphatic rings. The SMILES string of the molecule is CC(CCO)CNC(=O)/C=C/c1ccc(OCC#N)cc1. The highest BCUT2D eigenvalue weighted by molar-refractivity contribution is 5.91. The van der Waals surface area contributed by atoms with Crippen molar-refractivity contribution < 1.29 is 14.6 Å². The van der Waals surface area contributed by atoms with E-state index in [4.69, 9.17) is 15.1 Å².